The second-order valence-corrected chi connectivity index (χ2v) is 9.37. The summed E-state index contributed by atoms with van der Waals surface area (Å²) in [5, 5.41) is 12.0. The third-order valence-electron chi connectivity index (χ3n) is 3.94. The fourth-order valence-corrected chi connectivity index (χ4v) is 3.69. The van der Waals surface area contributed by atoms with Crippen molar-refractivity contribution in [3.63, 3.8) is 0 Å². The Balaban J connectivity index is 2.54. The molecule has 1 fully saturated rings. The molecule has 1 rings (SSSR count). The van der Waals surface area contributed by atoms with Crippen molar-refractivity contribution in [2.75, 3.05) is 19.4 Å². The van der Waals surface area contributed by atoms with Gasteiger partial charge in [-0.15, -0.1) is 0 Å². The molecule has 1 aliphatic carbocycles. The van der Waals surface area contributed by atoms with E-state index in [-0.39, 0.29) is 11.9 Å². The quantitative estimate of drug-likeness (QED) is 0.818. The van der Waals surface area contributed by atoms with Gasteiger partial charge in [-0.3, -0.25) is 0 Å². The zero-order valence-corrected chi connectivity index (χ0v) is 14.1. The number of amides is 1. The zero-order valence-electron chi connectivity index (χ0n) is 13.3. The predicted molar refractivity (Wildman–Crippen MR) is 80.9 cm³/mol. The van der Waals surface area contributed by atoms with Crippen LogP contribution in [0.2, 0.25) is 0 Å². The molecule has 0 aliphatic heterocycles. The van der Waals surface area contributed by atoms with Crippen molar-refractivity contribution in [2.45, 2.75) is 57.3 Å². The highest BCUT2D eigenvalue weighted by molar-refractivity contribution is 7.91. The van der Waals surface area contributed by atoms with Crippen LogP contribution < -0.4 is 5.32 Å². The van der Waals surface area contributed by atoms with Crippen molar-refractivity contribution >= 4 is 15.9 Å². The number of aliphatic hydroxyl groups excluding tert-OH is 1. The molecule has 0 spiro atoms. The summed E-state index contributed by atoms with van der Waals surface area (Å²) >= 11 is 0. The number of ether oxygens (including phenoxy) is 1. The van der Waals surface area contributed by atoms with Crippen molar-refractivity contribution in [1.29, 1.82) is 0 Å². The van der Waals surface area contributed by atoms with E-state index in [9.17, 15) is 18.3 Å². The first kappa shape index (κ1) is 18.2. The molecule has 124 valence electrons. The molecule has 0 aromatic rings. The maximum Gasteiger partial charge on any atom is 0.407 e. The minimum atomic E-state index is -3.03. The number of hydrogen-bond acceptors (Lipinski definition) is 5. The van der Waals surface area contributed by atoms with E-state index in [1.165, 1.54) is 6.26 Å². The highest BCUT2D eigenvalue weighted by atomic mass is 32.2. The summed E-state index contributed by atoms with van der Waals surface area (Å²) in [7, 11) is -3.03. The van der Waals surface area contributed by atoms with Crippen molar-refractivity contribution in [2.24, 2.45) is 5.41 Å². The van der Waals surface area contributed by atoms with Gasteiger partial charge in [-0.05, 0) is 46.5 Å². The van der Waals surface area contributed by atoms with Gasteiger partial charge in [0.25, 0.3) is 0 Å². The van der Waals surface area contributed by atoms with Gasteiger partial charge in [0.15, 0.2) is 0 Å². The molecule has 0 radical (unpaired) electrons. The van der Waals surface area contributed by atoms with Crippen LogP contribution >= 0.6 is 0 Å². The van der Waals surface area contributed by atoms with E-state index >= 15 is 0 Å². The van der Waals surface area contributed by atoms with E-state index in [1.807, 2.05) is 0 Å². The molecular weight excluding hydrogens is 294 g/mol. The van der Waals surface area contributed by atoms with Gasteiger partial charge < -0.3 is 15.2 Å². The molecule has 21 heavy (non-hydrogen) atoms. The molecule has 0 heterocycles. The average Bonchev–Trinajstić information content (AvgIpc) is 2.34. The first-order chi connectivity index (χ1) is 9.47. The lowest BCUT2D eigenvalue weighted by molar-refractivity contribution is 0.0413. The Morgan fingerprint density at radius 3 is 2.24 bits per heavy atom. The SMILES string of the molecule is CC(C)(C)OC(=O)NCC1(CO)CCC(S(C)(=O)=O)CC1. The van der Waals surface area contributed by atoms with Crippen molar-refractivity contribution < 1.29 is 23.1 Å². The molecule has 6 nitrogen and oxygen atoms in total. The Hall–Kier alpha value is -0.820. The summed E-state index contributed by atoms with van der Waals surface area (Å²) in [5.74, 6) is 0. The Morgan fingerprint density at radius 1 is 1.33 bits per heavy atom. The number of aliphatic hydroxyl groups is 1. The standard InChI is InChI=1S/C14H27NO5S/c1-13(2,3)20-12(17)15-9-14(10-16)7-5-11(6-8-14)21(4,18)19/h11,16H,5-10H2,1-4H3,(H,15,17). The van der Waals surface area contributed by atoms with E-state index in [0.717, 1.165) is 0 Å². The summed E-state index contributed by atoms with van der Waals surface area (Å²) in [6.07, 6.45) is 2.95. The lowest BCUT2D eigenvalue weighted by Gasteiger charge is -2.38. The lowest BCUT2D eigenvalue weighted by atomic mass is 9.74. The van der Waals surface area contributed by atoms with Crippen LogP contribution in [-0.2, 0) is 14.6 Å². The molecule has 0 bridgehead atoms. The molecule has 1 saturated carbocycles. The smallest absolute Gasteiger partial charge is 0.407 e. The highest BCUT2D eigenvalue weighted by Gasteiger charge is 2.38. The van der Waals surface area contributed by atoms with Crippen molar-refractivity contribution in [3.05, 3.63) is 0 Å². The number of carbonyl (C=O) groups excluding carboxylic acids is 1. The summed E-state index contributed by atoms with van der Waals surface area (Å²) in [5.41, 5.74) is -1.01. The first-order valence-corrected chi connectivity index (χ1v) is 9.19. The maximum atomic E-state index is 11.7. The van der Waals surface area contributed by atoms with Crippen LogP contribution in [0.5, 0.6) is 0 Å². The molecular formula is C14H27NO5S. The second kappa shape index (κ2) is 6.52. The maximum absolute atomic E-state index is 11.7. The van der Waals surface area contributed by atoms with Gasteiger partial charge in [-0.2, -0.15) is 0 Å². The summed E-state index contributed by atoms with van der Waals surface area (Å²) in [6, 6.07) is 0. The zero-order chi connectivity index (χ0) is 16.3. The van der Waals surface area contributed by atoms with Gasteiger partial charge in [0.05, 0.1) is 11.9 Å². The van der Waals surface area contributed by atoms with Gasteiger partial charge in [-0.1, -0.05) is 0 Å². The largest absolute Gasteiger partial charge is 0.444 e. The number of rotatable bonds is 4. The van der Waals surface area contributed by atoms with Gasteiger partial charge >= 0.3 is 6.09 Å². The summed E-state index contributed by atoms with van der Waals surface area (Å²) in [6.45, 7) is 5.58. The van der Waals surface area contributed by atoms with E-state index in [4.69, 9.17) is 4.74 Å². The number of carbonyl (C=O) groups is 1. The van der Waals surface area contributed by atoms with Crippen LogP contribution in [0.4, 0.5) is 4.79 Å². The Kier molecular flexibility index (Phi) is 5.66. The second-order valence-electron chi connectivity index (χ2n) is 7.04. The fraction of sp³-hybridized carbons (Fsp3) is 0.929. The topological polar surface area (TPSA) is 92.7 Å². The van der Waals surface area contributed by atoms with Crippen molar-refractivity contribution in [1.82, 2.24) is 5.32 Å². The van der Waals surface area contributed by atoms with Crippen LogP contribution in [0.1, 0.15) is 46.5 Å². The predicted octanol–water partition coefficient (Wildman–Crippen LogP) is 1.48. The molecule has 0 aromatic heterocycles. The fourth-order valence-electron chi connectivity index (χ4n) is 2.60. The van der Waals surface area contributed by atoms with Crippen LogP contribution in [-0.4, -0.2) is 49.9 Å². The molecule has 2 N–H and O–H groups in total. The van der Waals surface area contributed by atoms with E-state index in [0.29, 0.717) is 32.2 Å². The van der Waals surface area contributed by atoms with Crippen LogP contribution in [0.25, 0.3) is 0 Å². The number of sulfone groups is 1. The monoisotopic (exact) mass is 321 g/mol. The minimum absolute atomic E-state index is 0.0702. The van der Waals surface area contributed by atoms with E-state index in [1.54, 1.807) is 20.8 Å². The lowest BCUT2D eigenvalue weighted by Crippen LogP contribution is -2.45. The average molecular weight is 321 g/mol. The number of nitrogens with one attached hydrogen (secondary N) is 1. The molecule has 1 amide bonds. The minimum Gasteiger partial charge on any atom is -0.444 e. The normalized spacial score (nSPS) is 27.2. The Morgan fingerprint density at radius 2 is 1.86 bits per heavy atom. The third kappa shape index (κ3) is 5.82. The van der Waals surface area contributed by atoms with Gasteiger partial charge in [0, 0.05) is 18.2 Å². The molecule has 1 aliphatic rings. The first-order valence-electron chi connectivity index (χ1n) is 7.24. The molecule has 7 heteroatoms. The molecule has 0 aromatic carbocycles. The van der Waals surface area contributed by atoms with Crippen LogP contribution in [0.15, 0.2) is 0 Å². The highest BCUT2D eigenvalue weighted by Crippen LogP contribution is 2.37. The van der Waals surface area contributed by atoms with Crippen LogP contribution in [0, 0.1) is 5.41 Å². The molecule has 0 saturated heterocycles. The third-order valence-corrected chi connectivity index (χ3v) is 5.62. The molecule has 0 unspecified atom stereocenters. The summed E-state index contributed by atoms with van der Waals surface area (Å²) in [4.78, 5) is 11.7. The van der Waals surface area contributed by atoms with Crippen LogP contribution in [0.3, 0.4) is 0 Å². The van der Waals surface area contributed by atoms with Crippen molar-refractivity contribution in [3.8, 4) is 0 Å². The number of alkyl carbamates (subject to hydrolysis) is 1. The van der Waals surface area contributed by atoms with Gasteiger partial charge in [0.2, 0.25) is 0 Å². The Bertz CT molecular complexity index is 458. The number of hydrogen-bond donors (Lipinski definition) is 2. The van der Waals surface area contributed by atoms with E-state index < -0.39 is 26.9 Å². The Labute approximate surface area is 127 Å². The molecule has 0 atom stereocenters. The van der Waals surface area contributed by atoms with Gasteiger partial charge in [-0.25, -0.2) is 13.2 Å². The van der Waals surface area contributed by atoms with Gasteiger partial charge in [0.1, 0.15) is 15.4 Å². The summed E-state index contributed by atoms with van der Waals surface area (Å²) < 4.78 is 28.3. The van der Waals surface area contributed by atoms with E-state index in [2.05, 4.69) is 5.32 Å².